The van der Waals surface area contributed by atoms with E-state index in [2.05, 4.69) is 31.3 Å². The maximum absolute atomic E-state index is 13.3. The number of anilines is 1. The van der Waals surface area contributed by atoms with E-state index in [4.69, 9.17) is 0 Å². The Morgan fingerprint density at radius 3 is 2.43 bits per heavy atom. The fourth-order valence-electron chi connectivity index (χ4n) is 2.70. The Morgan fingerprint density at radius 1 is 0.964 bits per heavy atom. The predicted molar refractivity (Wildman–Crippen MR) is 109 cm³/mol. The molecule has 138 valence electrons. The van der Waals surface area contributed by atoms with Gasteiger partial charge in [0.05, 0.1) is 5.69 Å². The molecule has 1 aromatic heterocycles. The van der Waals surface area contributed by atoms with Gasteiger partial charge < -0.3 is 5.32 Å². The topological polar surface area (TPSA) is 59.8 Å². The molecule has 5 nitrogen and oxygen atoms in total. The molecule has 4 rings (SSSR count). The second kappa shape index (κ2) is 7.74. The molecule has 0 unspecified atom stereocenters. The molecule has 0 atom stereocenters. The Labute approximate surface area is 169 Å². The van der Waals surface area contributed by atoms with Crippen LogP contribution in [0.2, 0.25) is 0 Å². The first-order chi connectivity index (χ1) is 13.6. The van der Waals surface area contributed by atoms with Gasteiger partial charge in [0.15, 0.2) is 5.82 Å². The van der Waals surface area contributed by atoms with E-state index in [0.717, 1.165) is 10.0 Å². The van der Waals surface area contributed by atoms with Crippen molar-refractivity contribution in [1.82, 2.24) is 14.8 Å². The zero-order chi connectivity index (χ0) is 19.5. The van der Waals surface area contributed by atoms with Gasteiger partial charge in [-0.25, -0.2) is 14.1 Å². The molecule has 1 heterocycles. The summed E-state index contributed by atoms with van der Waals surface area (Å²) in [5, 5.41) is 7.15. The molecule has 0 radical (unpaired) electrons. The molecule has 0 bridgehead atoms. The second-order valence-corrected chi connectivity index (χ2v) is 6.89. The van der Waals surface area contributed by atoms with Crippen molar-refractivity contribution in [2.24, 2.45) is 0 Å². The average molecular weight is 437 g/mol. The number of carbonyl (C=O) groups is 1. The molecule has 0 aliphatic heterocycles. The van der Waals surface area contributed by atoms with Gasteiger partial charge in [0.1, 0.15) is 5.82 Å². The minimum Gasteiger partial charge on any atom is -0.319 e. The number of amides is 1. The molecule has 0 saturated heterocycles. The molecule has 0 aliphatic carbocycles. The van der Waals surface area contributed by atoms with E-state index in [1.807, 2.05) is 42.5 Å². The fourth-order valence-corrected chi connectivity index (χ4v) is 3.10. The van der Waals surface area contributed by atoms with Crippen LogP contribution >= 0.6 is 15.9 Å². The van der Waals surface area contributed by atoms with E-state index in [-0.39, 0.29) is 11.6 Å². The number of rotatable bonds is 4. The molecule has 4 aromatic rings. The summed E-state index contributed by atoms with van der Waals surface area (Å²) in [6.45, 7) is 0. The van der Waals surface area contributed by atoms with Crippen LogP contribution in [0.5, 0.6) is 0 Å². The zero-order valence-electron chi connectivity index (χ0n) is 14.5. The summed E-state index contributed by atoms with van der Waals surface area (Å²) in [7, 11) is 0. The highest BCUT2D eigenvalue weighted by molar-refractivity contribution is 9.10. The Balaban J connectivity index is 1.74. The minimum atomic E-state index is -0.434. The van der Waals surface area contributed by atoms with Crippen molar-refractivity contribution >= 4 is 27.5 Å². The molecule has 7 heteroatoms. The highest BCUT2D eigenvalue weighted by Crippen LogP contribution is 2.22. The molecular weight excluding hydrogens is 423 g/mol. The van der Waals surface area contributed by atoms with Gasteiger partial charge in [0.25, 0.3) is 5.91 Å². The lowest BCUT2D eigenvalue weighted by Crippen LogP contribution is -2.14. The van der Waals surface area contributed by atoms with Crippen molar-refractivity contribution in [3.8, 4) is 17.1 Å². The summed E-state index contributed by atoms with van der Waals surface area (Å²) in [6, 6.07) is 22.5. The largest absolute Gasteiger partial charge is 0.319 e. The molecule has 0 spiro atoms. The SMILES string of the molecule is O=C(Nc1cccc(Br)c1)c1nc(-c2ccccc2)n(-c2ccc(F)cc2)n1. The molecule has 0 aliphatic rings. The average Bonchev–Trinajstić information content (AvgIpc) is 3.15. The minimum absolute atomic E-state index is 0.0168. The van der Waals surface area contributed by atoms with Gasteiger partial charge in [-0.05, 0) is 42.5 Å². The van der Waals surface area contributed by atoms with Crippen molar-refractivity contribution in [2.75, 3.05) is 5.32 Å². The predicted octanol–water partition coefficient (Wildman–Crippen LogP) is 5.09. The van der Waals surface area contributed by atoms with Crippen molar-refractivity contribution in [2.45, 2.75) is 0 Å². The first-order valence-electron chi connectivity index (χ1n) is 8.45. The molecule has 28 heavy (non-hydrogen) atoms. The quantitative estimate of drug-likeness (QED) is 0.484. The summed E-state index contributed by atoms with van der Waals surface area (Å²) in [6.07, 6.45) is 0. The van der Waals surface area contributed by atoms with Crippen molar-refractivity contribution in [3.63, 3.8) is 0 Å². The monoisotopic (exact) mass is 436 g/mol. The maximum Gasteiger partial charge on any atom is 0.295 e. The number of halogens is 2. The maximum atomic E-state index is 13.3. The lowest BCUT2D eigenvalue weighted by molar-refractivity contribution is 0.101. The standard InChI is InChI=1S/C21H14BrFN4O/c22-15-7-4-8-17(13-15)24-21(28)19-25-20(14-5-2-1-3-6-14)27(26-19)18-11-9-16(23)10-12-18/h1-13H,(H,24,28). The zero-order valence-corrected chi connectivity index (χ0v) is 16.1. The van der Waals surface area contributed by atoms with Crippen LogP contribution < -0.4 is 5.32 Å². The molecule has 0 saturated carbocycles. The van der Waals surface area contributed by atoms with E-state index < -0.39 is 5.91 Å². The summed E-state index contributed by atoms with van der Waals surface area (Å²) in [5.74, 6) is -0.274. The van der Waals surface area contributed by atoms with Crippen LogP contribution in [0.3, 0.4) is 0 Å². The van der Waals surface area contributed by atoms with E-state index in [1.165, 1.54) is 16.8 Å². The van der Waals surface area contributed by atoms with Gasteiger partial charge in [-0.3, -0.25) is 4.79 Å². The Kier molecular flexibility index (Phi) is 4.99. The number of hydrogen-bond donors (Lipinski definition) is 1. The summed E-state index contributed by atoms with van der Waals surface area (Å²) in [5.41, 5.74) is 2.02. The van der Waals surface area contributed by atoms with E-state index >= 15 is 0 Å². The number of nitrogens with one attached hydrogen (secondary N) is 1. The number of benzene rings is 3. The third kappa shape index (κ3) is 3.84. The van der Waals surface area contributed by atoms with Crippen LogP contribution in [0.1, 0.15) is 10.6 Å². The van der Waals surface area contributed by atoms with Gasteiger partial charge in [-0.15, -0.1) is 5.10 Å². The Hall–Kier alpha value is -3.32. The number of aromatic nitrogens is 3. The van der Waals surface area contributed by atoms with Crippen molar-refractivity contribution in [3.05, 3.63) is 95.0 Å². The van der Waals surface area contributed by atoms with Gasteiger partial charge in [-0.2, -0.15) is 0 Å². The molecule has 1 N–H and O–H groups in total. The van der Waals surface area contributed by atoms with Crippen LogP contribution in [0, 0.1) is 5.82 Å². The van der Waals surface area contributed by atoms with Crippen LogP contribution in [-0.4, -0.2) is 20.7 Å². The Morgan fingerprint density at radius 2 is 1.71 bits per heavy atom. The fraction of sp³-hybridized carbons (Fsp3) is 0. The number of carbonyl (C=O) groups excluding carboxylic acids is 1. The molecule has 1 amide bonds. The van der Waals surface area contributed by atoms with Crippen LogP contribution in [-0.2, 0) is 0 Å². The number of nitrogens with zero attached hydrogens (tertiary/aromatic N) is 3. The van der Waals surface area contributed by atoms with Gasteiger partial charge in [0, 0.05) is 15.7 Å². The van der Waals surface area contributed by atoms with Gasteiger partial charge in [0.2, 0.25) is 5.82 Å². The summed E-state index contributed by atoms with van der Waals surface area (Å²) < 4.78 is 15.7. The Bertz CT molecular complexity index is 1130. The highest BCUT2D eigenvalue weighted by Gasteiger charge is 2.19. The van der Waals surface area contributed by atoms with E-state index in [9.17, 15) is 9.18 Å². The van der Waals surface area contributed by atoms with E-state index in [0.29, 0.717) is 17.2 Å². The smallest absolute Gasteiger partial charge is 0.295 e. The van der Waals surface area contributed by atoms with Crippen molar-refractivity contribution in [1.29, 1.82) is 0 Å². The normalized spacial score (nSPS) is 10.6. The molecule has 3 aromatic carbocycles. The number of hydrogen-bond acceptors (Lipinski definition) is 3. The molecular formula is C21H14BrFN4O. The lowest BCUT2D eigenvalue weighted by Gasteiger charge is -2.05. The van der Waals surface area contributed by atoms with Crippen LogP contribution in [0.15, 0.2) is 83.3 Å². The van der Waals surface area contributed by atoms with Gasteiger partial charge in [-0.1, -0.05) is 52.3 Å². The third-order valence-electron chi connectivity index (χ3n) is 4.00. The first kappa shape index (κ1) is 18.1. The van der Waals surface area contributed by atoms with Crippen LogP contribution in [0.4, 0.5) is 10.1 Å². The van der Waals surface area contributed by atoms with Crippen LogP contribution in [0.25, 0.3) is 17.1 Å². The van der Waals surface area contributed by atoms with Crippen molar-refractivity contribution < 1.29 is 9.18 Å². The lowest BCUT2D eigenvalue weighted by atomic mass is 10.2. The summed E-state index contributed by atoms with van der Waals surface area (Å²) in [4.78, 5) is 17.1. The summed E-state index contributed by atoms with van der Waals surface area (Å²) >= 11 is 3.37. The van der Waals surface area contributed by atoms with Gasteiger partial charge >= 0.3 is 0 Å². The second-order valence-electron chi connectivity index (χ2n) is 5.98. The van der Waals surface area contributed by atoms with E-state index in [1.54, 1.807) is 24.3 Å². The molecule has 0 fully saturated rings. The first-order valence-corrected chi connectivity index (χ1v) is 9.25. The third-order valence-corrected chi connectivity index (χ3v) is 4.49. The highest BCUT2D eigenvalue weighted by atomic mass is 79.9.